The van der Waals surface area contributed by atoms with E-state index in [4.69, 9.17) is 4.42 Å². The normalized spacial score (nSPS) is 10.7. The molecule has 0 radical (unpaired) electrons. The topological polar surface area (TPSA) is 56.0 Å². The van der Waals surface area contributed by atoms with Gasteiger partial charge in [0.15, 0.2) is 5.78 Å². The van der Waals surface area contributed by atoms with Gasteiger partial charge >= 0.3 is 0 Å². The second-order valence-corrected chi connectivity index (χ2v) is 6.44. The number of rotatable bonds is 5. The summed E-state index contributed by atoms with van der Waals surface area (Å²) in [5.41, 5.74) is 1.12. The number of ketones is 1. The van der Waals surface area contributed by atoms with Gasteiger partial charge in [-0.2, -0.15) is 0 Å². The second kappa shape index (κ2) is 7.06. The molecule has 0 spiro atoms. The molecule has 0 unspecified atom stereocenters. The van der Waals surface area contributed by atoms with Gasteiger partial charge in [0, 0.05) is 15.6 Å². The summed E-state index contributed by atoms with van der Waals surface area (Å²) in [4.78, 5) is 12.0. The lowest BCUT2D eigenvalue weighted by Gasteiger charge is -1.99. The van der Waals surface area contributed by atoms with Crippen LogP contribution in [0.4, 0.5) is 4.39 Å². The van der Waals surface area contributed by atoms with E-state index >= 15 is 0 Å². The van der Waals surface area contributed by atoms with Gasteiger partial charge in [-0.1, -0.05) is 39.8 Å². The van der Waals surface area contributed by atoms with E-state index in [9.17, 15) is 9.18 Å². The van der Waals surface area contributed by atoms with Crippen molar-refractivity contribution in [1.82, 2.24) is 10.2 Å². The lowest BCUT2D eigenvalue weighted by molar-refractivity contribution is 0.102. The average Bonchev–Trinajstić information content (AvgIpc) is 3.02. The number of hydrogen-bond donors (Lipinski definition) is 0. The number of hydrogen-bond acceptors (Lipinski definition) is 5. The summed E-state index contributed by atoms with van der Waals surface area (Å²) in [6.07, 6.45) is 0. The van der Waals surface area contributed by atoms with Crippen LogP contribution in [0.15, 0.2) is 62.6 Å². The highest BCUT2D eigenvalue weighted by Crippen LogP contribution is 2.25. The first-order valence-electron chi connectivity index (χ1n) is 6.63. The number of carbonyl (C=O) groups excluding carboxylic acids is 1. The molecule has 23 heavy (non-hydrogen) atoms. The Labute approximate surface area is 144 Å². The standard InChI is InChI=1S/C16H10BrFN2O2S/c17-12-6-4-10(5-7-12)15-19-20-16(22-15)23-9-14(21)11-2-1-3-13(18)8-11/h1-8H,9H2. The van der Waals surface area contributed by atoms with E-state index in [1.807, 2.05) is 24.3 Å². The quantitative estimate of drug-likeness (QED) is 0.468. The molecule has 2 aromatic carbocycles. The Morgan fingerprint density at radius 2 is 1.96 bits per heavy atom. The van der Waals surface area contributed by atoms with Crippen LogP contribution < -0.4 is 0 Å². The number of nitrogens with zero attached hydrogens (tertiary/aromatic N) is 2. The van der Waals surface area contributed by atoms with Crippen molar-refractivity contribution in [2.75, 3.05) is 5.75 Å². The molecular weight excluding hydrogens is 383 g/mol. The first kappa shape index (κ1) is 15.9. The van der Waals surface area contributed by atoms with E-state index in [-0.39, 0.29) is 11.5 Å². The van der Waals surface area contributed by atoms with Crippen molar-refractivity contribution in [2.24, 2.45) is 0 Å². The highest BCUT2D eigenvalue weighted by atomic mass is 79.9. The molecule has 0 saturated carbocycles. The molecule has 0 amide bonds. The van der Waals surface area contributed by atoms with Crippen molar-refractivity contribution >= 4 is 33.5 Å². The predicted molar refractivity (Wildman–Crippen MR) is 88.9 cm³/mol. The fourth-order valence-corrected chi connectivity index (χ4v) is 2.77. The van der Waals surface area contributed by atoms with Crippen molar-refractivity contribution in [3.8, 4) is 11.5 Å². The fourth-order valence-electron chi connectivity index (χ4n) is 1.85. The Kier molecular flexibility index (Phi) is 4.88. The molecule has 116 valence electrons. The number of thioether (sulfide) groups is 1. The highest BCUT2D eigenvalue weighted by Gasteiger charge is 2.12. The summed E-state index contributed by atoms with van der Waals surface area (Å²) in [5, 5.41) is 8.16. The van der Waals surface area contributed by atoms with Crippen molar-refractivity contribution in [3.63, 3.8) is 0 Å². The minimum atomic E-state index is -0.434. The molecule has 0 saturated heterocycles. The van der Waals surface area contributed by atoms with Gasteiger partial charge in [0.2, 0.25) is 5.89 Å². The maximum atomic E-state index is 13.1. The SMILES string of the molecule is O=C(CSc1nnc(-c2ccc(Br)cc2)o1)c1cccc(F)c1. The Balaban J connectivity index is 1.65. The average molecular weight is 393 g/mol. The molecule has 3 aromatic rings. The third kappa shape index (κ3) is 4.05. The Hall–Kier alpha value is -1.99. The lowest BCUT2D eigenvalue weighted by atomic mass is 10.1. The minimum Gasteiger partial charge on any atom is -0.411 e. The largest absolute Gasteiger partial charge is 0.411 e. The zero-order valence-electron chi connectivity index (χ0n) is 11.7. The first-order valence-corrected chi connectivity index (χ1v) is 8.41. The summed E-state index contributed by atoms with van der Waals surface area (Å²) in [6, 6.07) is 13.0. The van der Waals surface area contributed by atoms with E-state index < -0.39 is 5.82 Å². The van der Waals surface area contributed by atoms with E-state index in [0.29, 0.717) is 16.7 Å². The van der Waals surface area contributed by atoms with E-state index in [1.165, 1.54) is 18.2 Å². The molecular formula is C16H10BrFN2O2S. The summed E-state index contributed by atoms with van der Waals surface area (Å²) in [5.74, 6) is -0.141. The fraction of sp³-hybridized carbons (Fsp3) is 0.0625. The Morgan fingerprint density at radius 1 is 1.17 bits per heavy atom. The van der Waals surface area contributed by atoms with Crippen molar-refractivity contribution in [2.45, 2.75) is 5.22 Å². The van der Waals surface area contributed by atoms with Crippen molar-refractivity contribution in [3.05, 3.63) is 64.4 Å². The molecule has 3 rings (SSSR count). The predicted octanol–water partition coefficient (Wildman–Crippen LogP) is 4.61. The van der Waals surface area contributed by atoms with Crippen LogP contribution in [-0.2, 0) is 0 Å². The molecule has 0 N–H and O–H groups in total. The third-order valence-corrected chi connectivity index (χ3v) is 4.32. The molecule has 0 bridgehead atoms. The van der Waals surface area contributed by atoms with Crippen LogP contribution in [0.1, 0.15) is 10.4 Å². The minimum absolute atomic E-state index is 0.103. The molecule has 1 heterocycles. The maximum Gasteiger partial charge on any atom is 0.277 e. The summed E-state index contributed by atoms with van der Waals surface area (Å²) >= 11 is 4.48. The highest BCUT2D eigenvalue weighted by molar-refractivity contribution is 9.10. The second-order valence-electron chi connectivity index (χ2n) is 4.60. The number of carbonyl (C=O) groups is 1. The smallest absolute Gasteiger partial charge is 0.277 e. The van der Waals surface area contributed by atoms with Crippen LogP contribution in [-0.4, -0.2) is 21.7 Å². The Bertz CT molecular complexity index is 836. The third-order valence-electron chi connectivity index (χ3n) is 2.97. The van der Waals surface area contributed by atoms with Crippen LogP contribution in [0.25, 0.3) is 11.5 Å². The van der Waals surface area contributed by atoms with E-state index in [0.717, 1.165) is 21.8 Å². The van der Waals surface area contributed by atoms with Gasteiger partial charge in [-0.3, -0.25) is 4.79 Å². The number of Topliss-reactive ketones (excluding diaryl/α,β-unsaturated/α-hetero) is 1. The number of aromatic nitrogens is 2. The molecule has 7 heteroatoms. The van der Waals surface area contributed by atoms with E-state index in [2.05, 4.69) is 26.1 Å². The van der Waals surface area contributed by atoms with Crippen molar-refractivity contribution < 1.29 is 13.6 Å². The van der Waals surface area contributed by atoms with Crippen LogP contribution in [0.5, 0.6) is 0 Å². The van der Waals surface area contributed by atoms with Gasteiger partial charge in [0.1, 0.15) is 5.82 Å². The summed E-state index contributed by atoms with van der Waals surface area (Å²) in [7, 11) is 0. The van der Waals surface area contributed by atoms with Gasteiger partial charge in [-0.05, 0) is 36.4 Å². The zero-order chi connectivity index (χ0) is 16.2. The van der Waals surface area contributed by atoms with Crippen LogP contribution in [0.3, 0.4) is 0 Å². The van der Waals surface area contributed by atoms with Crippen LogP contribution >= 0.6 is 27.7 Å². The molecule has 4 nitrogen and oxygen atoms in total. The van der Waals surface area contributed by atoms with Crippen LogP contribution in [0.2, 0.25) is 0 Å². The van der Waals surface area contributed by atoms with Crippen LogP contribution in [0, 0.1) is 5.82 Å². The monoisotopic (exact) mass is 392 g/mol. The van der Waals surface area contributed by atoms with E-state index in [1.54, 1.807) is 6.07 Å². The molecule has 0 aliphatic rings. The number of benzene rings is 2. The first-order chi connectivity index (χ1) is 11.1. The lowest BCUT2D eigenvalue weighted by Crippen LogP contribution is -2.02. The summed E-state index contributed by atoms with van der Waals surface area (Å²) in [6.45, 7) is 0. The van der Waals surface area contributed by atoms with Gasteiger partial charge in [0.25, 0.3) is 5.22 Å². The Morgan fingerprint density at radius 3 is 2.70 bits per heavy atom. The maximum absolute atomic E-state index is 13.1. The van der Waals surface area contributed by atoms with Gasteiger partial charge < -0.3 is 4.42 Å². The zero-order valence-corrected chi connectivity index (χ0v) is 14.1. The van der Waals surface area contributed by atoms with Gasteiger partial charge in [-0.15, -0.1) is 10.2 Å². The van der Waals surface area contributed by atoms with Crippen molar-refractivity contribution in [1.29, 1.82) is 0 Å². The molecule has 1 aromatic heterocycles. The molecule has 0 fully saturated rings. The van der Waals surface area contributed by atoms with Gasteiger partial charge in [-0.25, -0.2) is 4.39 Å². The molecule has 0 aliphatic heterocycles. The molecule has 0 atom stereocenters. The van der Waals surface area contributed by atoms with Gasteiger partial charge in [0.05, 0.1) is 5.75 Å². The number of halogens is 2. The summed E-state index contributed by atoms with van der Waals surface area (Å²) < 4.78 is 19.6. The molecule has 0 aliphatic carbocycles.